The molecule has 1 atom stereocenters. The Morgan fingerprint density at radius 1 is 1.47 bits per heavy atom. The van der Waals surface area contributed by atoms with Crippen molar-refractivity contribution in [2.75, 3.05) is 0 Å². The van der Waals surface area contributed by atoms with Crippen LogP contribution in [-0.4, -0.2) is 28.6 Å². The SMILES string of the molecule is CC(C)C(CC(=O)O)NC(=O)C1(N)CC1. The topological polar surface area (TPSA) is 92.4 Å². The van der Waals surface area contributed by atoms with Crippen LogP contribution in [0.3, 0.4) is 0 Å². The first-order chi connectivity index (χ1) is 6.85. The number of carbonyl (C=O) groups is 2. The Labute approximate surface area is 89.0 Å². The van der Waals surface area contributed by atoms with Gasteiger partial charge < -0.3 is 16.2 Å². The summed E-state index contributed by atoms with van der Waals surface area (Å²) in [5.74, 6) is -1.04. The molecule has 0 spiro atoms. The summed E-state index contributed by atoms with van der Waals surface area (Å²) >= 11 is 0. The first-order valence-corrected chi connectivity index (χ1v) is 5.17. The highest BCUT2D eigenvalue weighted by molar-refractivity contribution is 5.89. The summed E-state index contributed by atoms with van der Waals surface area (Å²) in [4.78, 5) is 22.2. The van der Waals surface area contributed by atoms with Gasteiger partial charge in [-0.05, 0) is 18.8 Å². The maximum atomic E-state index is 11.6. The van der Waals surface area contributed by atoms with Crippen molar-refractivity contribution in [2.45, 2.75) is 44.7 Å². The van der Waals surface area contributed by atoms with Crippen LogP contribution in [0.15, 0.2) is 0 Å². The quantitative estimate of drug-likeness (QED) is 0.605. The Bertz CT molecular complexity index is 272. The lowest BCUT2D eigenvalue weighted by atomic mass is 10.0. The van der Waals surface area contributed by atoms with Gasteiger partial charge in [0.25, 0.3) is 0 Å². The largest absolute Gasteiger partial charge is 0.481 e. The highest BCUT2D eigenvalue weighted by Crippen LogP contribution is 2.32. The maximum absolute atomic E-state index is 11.6. The van der Waals surface area contributed by atoms with Gasteiger partial charge in [-0.3, -0.25) is 9.59 Å². The molecular formula is C10H18N2O3. The highest BCUT2D eigenvalue weighted by atomic mass is 16.4. The smallest absolute Gasteiger partial charge is 0.305 e. The van der Waals surface area contributed by atoms with Crippen LogP contribution in [0.2, 0.25) is 0 Å². The molecule has 0 aromatic carbocycles. The third-order valence-corrected chi connectivity index (χ3v) is 2.76. The van der Waals surface area contributed by atoms with E-state index in [9.17, 15) is 9.59 Å². The molecule has 5 heteroatoms. The van der Waals surface area contributed by atoms with Gasteiger partial charge in [-0.15, -0.1) is 0 Å². The first-order valence-electron chi connectivity index (χ1n) is 5.17. The zero-order valence-corrected chi connectivity index (χ0v) is 9.12. The third kappa shape index (κ3) is 3.20. The van der Waals surface area contributed by atoms with Crippen molar-refractivity contribution in [1.29, 1.82) is 0 Å². The van der Waals surface area contributed by atoms with E-state index >= 15 is 0 Å². The van der Waals surface area contributed by atoms with Crippen molar-refractivity contribution in [3.63, 3.8) is 0 Å². The Hall–Kier alpha value is -1.10. The number of hydrogen-bond donors (Lipinski definition) is 3. The molecular weight excluding hydrogens is 196 g/mol. The number of hydrogen-bond acceptors (Lipinski definition) is 3. The molecule has 1 saturated carbocycles. The third-order valence-electron chi connectivity index (χ3n) is 2.76. The van der Waals surface area contributed by atoms with Crippen molar-refractivity contribution >= 4 is 11.9 Å². The fourth-order valence-electron chi connectivity index (χ4n) is 1.32. The van der Waals surface area contributed by atoms with Gasteiger partial charge in [0, 0.05) is 6.04 Å². The average Bonchev–Trinajstić information content (AvgIpc) is 2.82. The number of amides is 1. The lowest BCUT2D eigenvalue weighted by molar-refractivity contribution is -0.138. The first kappa shape index (κ1) is 12.0. The normalized spacial score (nSPS) is 19.7. The molecule has 0 aromatic rings. The fourth-order valence-corrected chi connectivity index (χ4v) is 1.32. The summed E-state index contributed by atoms with van der Waals surface area (Å²) in [6.45, 7) is 3.76. The minimum atomic E-state index is -0.907. The standard InChI is InChI=1S/C10H18N2O3/c1-6(2)7(5-8(13)14)12-9(15)10(11)3-4-10/h6-7H,3-5,11H2,1-2H3,(H,12,15)(H,13,14). The van der Waals surface area contributed by atoms with Crippen LogP contribution in [0.4, 0.5) is 0 Å². The second-order valence-electron chi connectivity index (χ2n) is 4.58. The second-order valence-corrected chi connectivity index (χ2v) is 4.58. The average molecular weight is 214 g/mol. The number of carboxylic acids is 1. The number of carbonyl (C=O) groups excluding carboxylic acids is 1. The maximum Gasteiger partial charge on any atom is 0.305 e. The van der Waals surface area contributed by atoms with E-state index < -0.39 is 11.5 Å². The molecule has 0 aliphatic heterocycles. The number of rotatable bonds is 5. The van der Waals surface area contributed by atoms with Crippen LogP contribution in [-0.2, 0) is 9.59 Å². The molecule has 5 nitrogen and oxygen atoms in total. The summed E-state index contributed by atoms with van der Waals surface area (Å²) < 4.78 is 0. The van der Waals surface area contributed by atoms with Crippen molar-refractivity contribution in [1.82, 2.24) is 5.32 Å². The summed E-state index contributed by atoms with van der Waals surface area (Å²) in [5.41, 5.74) is 4.98. The van der Waals surface area contributed by atoms with E-state index in [0.717, 1.165) is 0 Å². The Morgan fingerprint density at radius 2 is 2.00 bits per heavy atom. The van der Waals surface area contributed by atoms with E-state index in [4.69, 9.17) is 10.8 Å². The van der Waals surface area contributed by atoms with Gasteiger partial charge in [-0.1, -0.05) is 13.8 Å². The van der Waals surface area contributed by atoms with E-state index in [-0.39, 0.29) is 24.3 Å². The van der Waals surface area contributed by atoms with Crippen LogP contribution in [0.5, 0.6) is 0 Å². The van der Waals surface area contributed by atoms with Crippen LogP contribution in [0.25, 0.3) is 0 Å². The van der Waals surface area contributed by atoms with E-state index in [1.165, 1.54) is 0 Å². The van der Waals surface area contributed by atoms with Crippen LogP contribution < -0.4 is 11.1 Å². The van der Waals surface area contributed by atoms with Crippen molar-refractivity contribution < 1.29 is 14.7 Å². The van der Waals surface area contributed by atoms with Crippen molar-refractivity contribution in [2.24, 2.45) is 11.7 Å². The molecule has 0 bridgehead atoms. The Balaban J connectivity index is 2.50. The molecule has 1 amide bonds. The van der Waals surface area contributed by atoms with Gasteiger partial charge in [-0.25, -0.2) is 0 Å². The Morgan fingerprint density at radius 3 is 2.33 bits per heavy atom. The molecule has 0 radical (unpaired) electrons. The molecule has 1 aliphatic rings. The molecule has 0 heterocycles. The molecule has 1 rings (SSSR count). The number of nitrogens with two attached hydrogens (primary N) is 1. The minimum Gasteiger partial charge on any atom is -0.481 e. The summed E-state index contributed by atoms with van der Waals surface area (Å²) in [7, 11) is 0. The van der Waals surface area contributed by atoms with Crippen molar-refractivity contribution in [3.8, 4) is 0 Å². The van der Waals surface area contributed by atoms with Crippen molar-refractivity contribution in [3.05, 3.63) is 0 Å². The van der Waals surface area contributed by atoms with Gasteiger partial charge in [0.2, 0.25) is 5.91 Å². The molecule has 15 heavy (non-hydrogen) atoms. The number of nitrogens with one attached hydrogen (secondary N) is 1. The van der Waals surface area contributed by atoms with Gasteiger partial charge in [-0.2, -0.15) is 0 Å². The molecule has 86 valence electrons. The molecule has 1 aliphatic carbocycles. The minimum absolute atomic E-state index is 0.0561. The predicted molar refractivity (Wildman–Crippen MR) is 55.2 cm³/mol. The highest BCUT2D eigenvalue weighted by Gasteiger charge is 2.46. The second kappa shape index (κ2) is 4.18. The van der Waals surface area contributed by atoms with Crippen LogP contribution in [0.1, 0.15) is 33.1 Å². The summed E-state index contributed by atoms with van der Waals surface area (Å²) in [5, 5.41) is 11.4. The van der Waals surface area contributed by atoms with E-state index in [1.807, 2.05) is 13.8 Å². The molecule has 0 saturated heterocycles. The van der Waals surface area contributed by atoms with Gasteiger partial charge >= 0.3 is 5.97 Å². The molecule has 4 N–H and O–H groups in total. The number of aliphatic carboxylic acids is 1. The van der Waals surface area contributed by atoms with Gasteiger partial charge in [0.05, 0.1) is 12.0 Å². The summed E-state index contributed by atoms with van der Waals surface area (Å²) in [6, 6.07) is -0.337. The van der Waals surface area contributed by atoms with E-state index in [2.05, 4.69) is 5.32 Å². The zero-order valence-electron chi connectivity index (χ0n) is 9.12. The fraction of sp³-hybridized carbons (Fsp3) is 0.800. The van der Waals surface area contributed by atoms with Crippen LogP contribution in [0, 0.1) is 5.92 Å². The van der Waals surface area contributed by atoms with Gasteiger partial charge in [0.15, 0.2) is 0 Å². The number of carboxylic acid groups (broad SMARTS) is 1. The molecule has 1 fully saturated rings. The lowest BCUT2D eigenvalue weighted by Crippen LogP contribution is -2.49. The summed E-state index contributed by atoms with van der Waals surface area (Å²) in [6.07, 6.45) is 1.33. The lowest BCUT2D eigenvalue weighted by Gasteiger charge is -2.22. The zero-order chi connectivity index (χ0) is 11.6. The molecule has 1 unspecified atom stereocenters. The Kier molecular flexibility index (Phi) is 3.34. The van der Waals surface area contributed by atoms with Crippen LogP contribution >= 0.6 is 0 Å². The monoisotopic (exact) mass is 214 g/mol. The molecule has 0 aromatic heterocycles. The van der Waals surface area contributed by atoms with E-state index in [0.29, 0.717) is 12.8 Å². The van der Waals surface area contributed by atoms with Gasteiger partial charge in [0.1, 0.15) is 0 Å². The van der Waals surface area contributed by atoms with E-state index in [1.54, 1.807) is 0 Å². The predicted octanol–water partition coefficient (Wildman–Crippen LogP) is 0.0932.